The van der Waals surface area contributed by atoms with E-state index >= 15 is 0 Å². The first-order chi connectivity index (χ1) is 10.6. The average Bonchev–Trinajstić information content (AvgIpc) is 2.54. The Kier molecular flexibility index (Phi) is 3.70. The highest BCUT2D eigenvalue weighted by Crippen LogP contribution is 2.29. The lowest BCUT2D eigenvalue weighted by Crippen LogP contribution is -2.15. The van der Waals surface area contributed by atoms with Gasteiger partial charge in [0.25, 0.3) is 0 Å². The normalized spacial score (nSPS) is 13.7. The maximum Gasteiger partial charge on any atom is 0.335 e. The molecule has 4 nitrogen and oxygen atoms in total. The van der Waals surface area contributed by atoms with Crippen LogP contribution in [0.4, 0.5) is 0 Å². The fourth-order valence-electron chi connectivity index (χ4n) is 2.41. The number of hydrogen-bond acceptors (Lipinski definition) is 4. The van der Waals surface area contributed by atoms with Crippen molar-refractivity contribution >= 4 is 16.2 Å². The number of nitriles is 1. The van der Waals surface area contributed by atoms with Gasteiger partial charge in [-0.3, -0.25) is 0 Å². The zero-order chi connectivity index (χ0) is 15.6. The van der Waals surface area contributed by atoms with Gasteiger partial charge in [0.15, 0.2) is 5.75 Å². The molecule has 22 heavy (non-hydrogen) atoms. The summed E-state index contributed by atoms with van der Waals surface area (Å²) in [5.41, 5.74) is 2.21. The highest BCUT2D eigenvalue weighted by molar-refractivity contribution is 7.91. The molecular formula is C17H13NO3S. The van der Waals surface area contributed by atoms with Gasteiger partial charge in [0.1, 0.15) is 6.07 Å². The van der Waals surface area contributed by atoms with Gasteiger partial charge in [0.2, 0.25) is 0 Å². The zero-order valence-electron chi connectivity index (χ0n) is 11.7. The van der Waals surface area contributed by atoms with Crippen LogP contribution in [0.1, 0.15) is 23.1 Å². The molecule has 3 rings (SSSR count). The van der Waals surface area contributed by atoms with Crippen molar-refractivity contribution in [2.75, 3.05) is 0 Å². The first kappa shape index (κ1) is 14.4. The molecular weight excluding hydrogens is 298 g/mol. The molecule has 0 N–H and O–H groups in total. The predicted molar refractivity (Wildman–Crippen MR) is 83.4 cm³/mol. The lowest BCUT2D eigenvalue weighted by molar-refractivity contribution is 0.491. The smallest absolute Gasteiger partial charge is 0.335 e. The molecule has 110 valence electrons. The Morgan fingerprint density at radius 1 is 1.00 bits per heavy atom. The van der Waals surface area contributed by atoms with Crippen LogP contribution in [-0.4, -0.2) is 8.42 Å². The number of nitrogens with zero attached hydrogens (tertiary/aromatic N) is 1. The van der Waals surface area contributed by atoms with Crippen LogP contribution in [0.3, 0.4) is 0 Å². The van der Waals surface area contributed by atoms with Gasteiger partial charge in [-0.15, -0.1) is 0 Å². The summed E-state index contributed by atoms with van der Waals surface area (Å²) in [5, 5.41) is 9.02. The van der Waals surface area contributed by atoms with Gasteiger partial charge in [0, 0.05) is 0 Å². The standard InChI is InChI=1S/C17H13NO3S/c18-12-15-7-3-4-8-17(15)21-22(19,20)16-10-9-13-5-1-2-6-14(13)11-16/h1-8,11H,9-10H2. The largest absolute Gasteiger partial charge is 0.378 e. The van der Waals surface area contributed by atoms with E-state index in [0.29, 0.717) is 12.8 Å². The van der Waals surface area contributed by atoms with Crippen LogP contribution in [0.2, 0.25) is 0 Å². The molecule has 0 aliphatic heterocycles. The number of hydrogen-bond donors (Lipinski definition) is 0. The van der Waals surface area contributed by atoms with Gasteiger partial charge in [-0.1, -0.05) is 36.4 Å². The fraction of sp³-hybridized carbons (Fsp3) is 0.118. The van der Waals surface area contributed by atoms with Crippen LogP contribution in [0.15, 0.2) is 53.4 Å². The number of para-hydroxylation sites is 1. The van der Waals surface area contributed by atoms with Crippen LogP contribution in [-0.2, 0) is 16.5 Å². The third-order valence-electron chi connectivity index (χ3n) is 3.54. The number of benzene rings is 2. The van der Waals surface area contributed by atoms with Gasteiger partial charge >= 0.3 is 10.1 Å². The molecule has 0 saturated heterocycles. The number of allylic oxidation sites excluding steroid dienone is 1. The minimum absolute atomic E-state index is 0.0600. The van der Waals surface area contributed by atoms with Crippen LogP contribution in [0.25, 0.3) is 6.08 Å². The van der Waals surface area contributed by atoms with E-state index in [1.165, 1.54) is 12.1 Å². The molecule has 0 heterocycles. The molecule has 1 aliphatic rings. The van der Waals surface area contributed by atoms with Gasteiger partial charge in [-0.05, 0) is 42.2 Å². The highest BCUT2D eigenvalue weighted by atomic mass is 32.2. The lowest BCUT2D eigenvalue weighted by Gasteiger charge is -2.17. The van der Waals surface area contributed by atoms with E-state index in [1.807, 2.05) is 30.3 Å². The zero-order valence-corrected chi connectivity index (χ0v) is 12.5. The summed E-state index contributed by atoms with van der Waals surface area (Å²) in [6.45, 7) is 0. The topological polar surface area (TPSA) is 67.2 Å². The molecule has 0 amide bonds. The second-order valence-electron chi connectivity index (χ2n) is 4.95. The Labute approximate surface area is 129 Å². The summed E-state index contributed by atoms with van der Waals surface area (Å²) in [6, 6.07) is 15.9. The Hall–Kier alpha value is -2.58. The van der Waals surface area contributed by atoms with Crippen molar-refractivity contribution in [1.82, 2.24) is 0 Å². The van der Waals surface area contributed by atoms with Crippen molar-refractivity contribution in [2.45, 2.75) is 12.8 Å². The molecule has 0 radical (unpaired) electrons. The van der Waals surface area contributed by atoms with Crippen LogP contribution >= 0.6 is 0 Å². The van der Waals surface area contributed by atoms with E-state index in [4.69, 9.17) is 9.44 Å². The maximum atomic E-state index is 12.4. The summed E-state index contributed by atoms with van der Waals surface area (Å²) in [5.74, 6) is 0.0600. The van der Waals surface area contributed by atoms with E-state index in [0.717, 1.165) is 11.1 Å². The number of fused-ring (bicyclic) bond motifs is 1. The Morgan fingerprint density at radius 2 is 1.73 bits per heavy atom. The molecule has 0 aromatic heterocycles. The van der Waals surface area contributed by atoms with Crippen molar-refractivity contribution in [3.63, 3.8) is 0 Å². The van der Waals surface area contributed by atoms with Crippen LogP contribution < -0.4 is 4.18 Å². The molecule has 1 aliphatic carbocycles. The minimum atomic E-state index is -3.90. The Morgan fingerprint density at radius 3 is 2.55 bits per heavy atom. The monoisotopic (exact) mass is 311 g/mol. The number of aryl methyl sites for hydroxylation is 1. The molecule has 0 unspecified atom stereocenters. The fourth-order valence-corrected chi connectivity index (χ4v) is 3.52. The van der Waals surface area contributed by atoms with E-state index < -0.39 is 10.1 Å². The van der Waals surface area contributed by atoms with Crippen LogP contribution in [0, 0.1) is 11.3 Å². The molecule has 0 spiro atoms. The van der Waals surface area contributed by atoms with Crippen molar-refractivity contribution in [3.05, 3.63) is 70.1 Å². The first-order valence-electron chi connectivity index (χ1n) is 6.82. The molecule has 0 fully saturated rings. The third-order valence-corrected chi connectivity index (χ3v) is 4.90. The van der Waals surface area contributed by atoms with Gasteiger partial charge < -0.3 is 4.18 Å². The summed E-state index contributed by atoms with van der Waals surface area (Å²) in [6.07, 6.45) is 2.70. The highest BCUT2D eigenvalue weighted by Gasteiger charge is 2.24. The van der Waals surface area contributed by atoms with Crippen LogP contribution in [0.5, 0.6) is 5.75 Å². The van der Waals surface area contributed by atoms with Gasteiger partial charge in [-0.2, -0.15) is 13.7 Å². The Bertz CT molecular complexity index is 892. The third kappa shape index (κ3) is 2.74. The molecule has 0 bridgehead atoms. The second kappa shape index (κ2) is 5.66. The van der Waals surface area contributed by atoms with Crippen molar-refractivity contribution < 1.29 is 12.6 Å². The maximum absolute atomic E-state index is 12.4. The van der Waals surface area contributed by atoms with E-state index in [1.54, 1.807) is 18.2 Å². The molecule has 0 saturated carbocycles. The van der Waals surface area contributed by atoms with Crippen molar-refractivity contribution in [3.8, 4) is 11.8 Å². The first-order valence-corrected chi connectivity index (χ1v) is 8.23. The molecule has 2 aromatic rings. The second-order valence-corrected chi connectivity index (χ2v) is 6.55. The van der Waals surface area contributed by atoms with Gasteiger partial charge in [-0.25, -0.2) is 0 Å². The van der Waals surface area contributed by atoms with Gasteiger partial charge in [0.05, 0.1) is 10.5 Å². The Balaban J connectivity index is 1.95. The molecule has 2 aromatic carbocycles. The number of rotatable bonds is 3. The summed E-state index contributed by atoms with van der Waals surface area (Å²) in [4.78, 5) is 0.235. The van der Waals surface area contributed by atoms with E-state index in [-0.39, 0.29) is 16.2 Å². The lowest BCUT2D eigenvalue weighted by atomic mass is 9.98. The quantitative estimate of drug-likeness (QED) is 0.816. The molecule has 0 atom stereocenters. The minimum Gasteiger partial charge on any atom is -0.378 e. The van der Waals surface area contributed by atoms with E-state index in [2.05, 4.69) is 0 Å². The predicted octanol–water partition coefficient (Wildman–Crippen LogP) is 3.25. The molecule has 5 heteroatoms. The van der Waals surface area contributed by atoms with Crippen molar-refractivity contribution in [1.29, 1.82) is 5.26 Å². The summed E-state index contributed by atoms with van der Waals surface area (Å²) >= 11 is 0. The van der Waals surface area contributed by atoms with E-state index in [9.17, 15) is 8.42 Å². The van der Waals surface area contributed by atoms with Crippen molar-refractivity contribution in [2.24, 2.45) is 0 Å². The summed E-state index contributed by atoms with van der Waals surface area (Å²) in [7, 11) is -3.90. The SMILES string of the molecule is N#Cc1ccccc1OS(=O)(=O)C1=Cc2ccccc2CC1. The summed E-state index contributed by atoms with van der Waals surface area (Å²) < 4.78 is 30.0. The average molecular weight is 311 g/mol.